The topological polar surface area (TPSA) is 41.6 Å². The Morgan fingerprint density at radius 1 is 1.47 bits per heavy atom. The number of nitrogens with zero attached hydrogens (tertiary/aromatic N) is 2. The van der Waals surface area contributed by atoms with Crippen LogP contribution < -0.4 is 0 Å². The zero-order chi connectivity index (χ0) is 10.8. The molecular formula is C10H11N3S2. The molecule has 0 radical (unpaired) electrons. The molecule has 2 heterocycles. The largest absolute Gasteiger partial charge is 0.342 e. The zero-order valence-electron chi connectivity index (χ0n) is 8.52. The number of aromatic amines is 1. The van der Waals surface area contributed by atoms with Crippen LogP contribution in [0.4, 0.5) is 0 Å². The van der Waals surface area contributed by atoms with E-state index in [0.717, 1.165) is 17.2 Å². The van der Waals surface area contributed by atoms with Gasteiger partial charge in [0, 0.05) is 11.1 Å². The number of hydrogen-bond acceptors (Lipinski definition) is 4. The number of rotatable bonds is 2. The lowest BCUT2D eigenvalue weighted by Gasteiger charge is -2.06. The summed E-state index contributed by atoms with van der Waals surface area (Å²) >= 11 is 6.67. The van der Waals surface area contributed by atoms with Crippen LogP contribution in [0.5, 0.6) is 0 Å². The Bertz CT molecular complexity index is 500. The Kier molecular flexibility index (Phi) is 2.93. The second-order valence-corrected chi connectivity index (χ2v) is 4.69. The molecule has 0 spiro atoms. The van der Waals surface area contributed by atoms with E-state index in [2.05, 4.69) is 28.8 Å². The fourth-order valence-electron chi connectivity index (χ4n) is 1.24. The molecule has 0 aliphatic rings. The summed E-state index contributed by atoms with van der Waals surface area (Å²) in [5, 5.41) is 1.96. The van der Waals surface area contributed by atoms with Gasteiger partial charge in [-0.25, -0.2) is 9.97 Å². The number of H-pyrrole nitrogens is 1. The molecule has 2 rings (SSSR count). The van der Waals surface area contributed by atoms with Gasteiger partial charge in [0.1, 0.15) is 10.3 Å². The van der Waals surface area contributed by atoms with Crippen LogP contribution in [0.25, 0.3) is 11.5 Å². The van der Waals surface area contributed by atoms with E-state index < -0.39 is 0 Å². The van der Waals surface area contributed by atoms with Crippen LogP contribution in [-0.2, 0) is 0 Å². The summed E-state index contributed by atoms with van der Waals surface area (Å²) in [5.74, 6) is 1.17. The predicted octanol–water partition coefficient (Wildman–Crippen LogP) is 3.39. The minimum atomic E-state index is 0.409. The molecule has 0 fully saturated rings. The number of thiazole rings is 1. The van der Waals surface area contributed by atoms with Crippen molar-refractivity contribution in [1.82, 2.24) is 15.0 Å². The maximum atomic E-state index is 5.12. The van der Waals surface area contributed by atoms with Crippen LogP contribution in [0.3, 0.4) is 0 Å². The second-order valence-electron chi connectivity index (χ2n) is 3.55. The molecule has 78 valence electrons. The normalized spacial score (nSPS) is 10.9. The molecule has 1 N–H and O–H groups in total. The third-order valence-electron chi connectivity index (χ3n) is 2.06. The molecule has 15 heavy (non-hydrogen) atoms. The first-order valence-corrected chi connectivity index (χ1v) is 6.02. The predicted molar refractivity (Wildman–Crippen MR) is 64.6 cm³/mol. The highest BCUT2D eigenvalue weighted by Gasteiger charge is 2.06. The standard InChI is InChI=1S/C10H11N3S2/c1-6(2)7-3-9(14)13-10(12-7)8-4-15-5-11-8/h3-6H,1-2H3,(H,12,13,14). The first-order valence-electron chi connectivity index (χ1n) is 4.66. The van der Waals surface area contributed by atoms with E-state index in [0.29, 0.717) is 10.6 Å². The molecule has 0 amide bonds. The molecule has 0 bridgehead atoms. The quantitative estimate of drug-likeness (QED) is 0.814. The van der Waals surface area contributed by atoms with E-state index in [9.17, 15) is 0 Å². The van der Waals surface area contributed by atoms with Crippen molar-refractivity contribution in [2.45, 2.75) is 19.8 Å². The van der Waals surface area contributed by atoms with Crippen molar-refractivity contribution in [2.75, 3.05) is 0 Å². The Labute approximate surface area is 97.2 Å². The molecule has 2 aromatic heterocycles. The van der Waals surface area contributed by atoms with Gasteiger partial charge >= 0.3 is 0 Å². The van der Waals surface area contributed by atoms with Gasteiger partial charge in [0.05, 0.1) is 5.51 Å². The molecule has 0 saturated carbocycles. The van der Waals surface area contributed by atoms with Gasteiger partial charge in [-0.05, 0) is 12.0 Å². The smallest absolute Gasteiger partial charge is 0.158 e. The molecule has 0 aromatic carbocycles. The average molecular weight is 237 g/mol. The Morgan fingerprint density at radius 2 is 2.27 bits per heavy atom. The van der Waals surface area contributed by atoms with E-state index in [1.165, 1.54) is 0 Å². The highest BCUT2D eigenvalue weighted by atomic mass is 32.1. The van der Waals surface area contributed by atoms with Gasteiger partial charge in [0.15, 0.2) is 5.82 Å². The lowest BCUT2D eigenvalue weighted by Crippen LogP contribution is -1.97. The van der Waals surface area contributed by atoms with E-state index in [1.54, 1.807) is 16.8 Å². The third-order valence-corrected chi connectivity index (χ3v) is 2.86. The Hall–Kier alpha value is -1.07. The summed E-state index contributed by atoms with van der Waals surface area (Å²) in [4.78, 5) is 11.7. The molecule has 0 aliphatic carbocycles. The van der Waals surface area contributed by atoms with E-state index in [1.807, 2.05) is 11.4 Å². The molecule has 0 unspecified atom stereocenters. The summed E-state index contributed by atoms with van der Waals surface area (Å²) in [7, 11) is 0. The lowest BCUT2D eigenvalue weighted by molar-refractivity contribution is 0.814. The van der Waals surface area contributed by atoms with Crippen LogP contribution in [0.15, 0.2) is 17.0 Å². The summed E-state index contributed by atoms with van der Waals surface area (Å²) in [6.45, 7) is 4.23. The monoisotopic (exact) mass is 237 g/mol. The fraction of sp³-hybridized carbons (Fsp3) is 0.300. The van der Waals surface area contributed by atoms with Gasteiger partial charge in [-0.2, -0.15) is 0 Å². The zero-order valence-corrected chi connectivity index (χ0v) is 10.2. The average Bonchev–Trinajstić information content (AvgIpc) is 2.69. The number of aromatic nitrogens is 3. The summed E-state index contributed by atoms with van der Waals surface area (Å²) in [6.07, 6.45) is 0. The van der Waals surface area contributed by atoms with Gasteiger partial charge in [0.25, 0.3) is 0 Å². The minimum absolute atomic E-state index is 0.409. The van der Waals surface area contributed by atoms with Crippen molar-refractivity contribution in [2.24, 2.45) is 0 Å². The molecule has 0 atom stereocenters. The summed E-state index contributed by atoms with van der Waals surface area (Å²) in [6, 6.07) is 1.90. The van der Waals surface area contributed by atoms with Crippen LogP contribution in [0.1, 0.15) is 25.5 Å². The van der Waals surface area contributed by atoms with Gasteiger partial charge in [-0.1, -0.05) is 26.1 Å². The summed E-state index contributed by atoms with van der Waals surface area (Å²) in [5.41, 5.74) is 3.74. The lowest BCUT2D eigenvalue weighted by atomic mass is 10.1. The molecule has 3 nitrogen and oxygen atoms in total. The SMILES string of the molecule is CC(C)c1cc(=S)nc(-c2cscn2)[nH]1. The van der Waals surface area contributed by atoms with Crippen molar-refractivity contribution in [3.05, 3.63) is 27.3 Å². The molecule has 0 aliphatic heterocycles. The second kappa shape index (κ2) is 4.20. The van der Waals surface area contributed by atoms with Crippen molar-refractivity contribution >= 4 is 23.6 Å². The van der Waals surface area contributed by atoms with Crippen LogP contribution in [0.2, 0.25) is 0 Å². The van der Waals surface area contributed by atoms with Crippen molar-refractivity contribution in [3.8, 4) is 11.5 Å². The maximum absolute atomic E-state index is 5.12. The molecule has 5 heteroatoms. The maximum Gasteiger partial charge on any atom is 0.158 e. The molecule has 0 saturated heterocycles. The van der Waals surface area contributed by atoms with Crippen LogP contribution in [0, 0.1) is 4.64 Å². The first-order chi connectivity index (χ1) is 7.16. The van der Waals surface area contributed by atoms with Gasteiger partial charge in [-0.15, -0.1) is 11.3 Å². The van der Waals surface area contributed by atoms with E-state index >= 15 is 0 Å². The van der Waals surface area contributed by atoms with Crippen LogP contribution in [-0.4, -0.2) is 15.0 Å². The van der Waals surface area contributed by atoms with Crippen LogP contribution >= 0.6 is 23.6 Å². The number of nitrogens with one attached hydrogen (secondary N) is 1. The van der Waals surface area contributed by atoms with Gasteiger partial charge < -0.3 is 4.98 Å². The highest BCUT2D eigenvalue weighted by molar-refractivity contribution is 7.71. The van der Waals surface area contributed by atoms with E-state index in [4.69, 9.17) is 12.2 Å². The minimum Gasteiger partial charge on any atom is -0.342 e. The number of hydrogen-bond donors (Lipinski definition) is 1. The highest BCUT2D eigenvalue weighted by Crippen LogP contribution is 2.18. The molecular weight excluding hydrogens is 226 g/mol. The Morgan fingerprint density at radius 3 is 2.87 bits per heavy atom. The Balaban J connectivity index is 2.54. The van der Waals surface area contributed by atoms with Gasteiger partial charge in [-0.3, -0.25) is 0 Å². The van der Waals surface area contributed by atoms with E-state index in [-0.39, 0.29) is 0 Å². The summed E-state index contributed by atoms with van der Waals surface area (Å²) < 4.78 is 0.612. The van der Waals surface area contributed by atoms with Gasteiger partial charge in [0.2, 0.25) is 0 Å². The fourth-order valence-corrected chi connectivity index (χ4v) is 1.99. The van der Waals surface area contributed by atoms with Crippen molar-refractivity contribution in [1.29, 1.82) is 0 Å². The third kappa shape index (κ3) is 2.30. The van der Waals surface area contributed by atoms with Crippen molar-refractivity contribution in [3.63, 3.8) is 0 Å². The first kappa shape index (κ1) is 10.4. The van der Waals surface area contributed by atoms with Crippen molar-refractivity contribution < 1.29 is 0 Å². The molecule has 2 aromatic rings.